The summed E-state index contributed by atoms with van der Waals surface area (Å²) in [7, 11) is 0. The number of hydrogen-bond acceptors (Lipinski definition) is 4. The molecule has 0 aliphatic carbocycles. The van der Waals surface area contributed by atoms with Crippen LogP contribution in [-0.2, 0) is 9.59 Å². The van der Waals surface area contributed by atoms with Gasteiger partial charge in [-0.25, -0.2) is 0 Å². The maximum Gasteiger partial charge on any atom is 0.173 e. The molecule has 0 amide bonds. The van der Waals surface area contributed by atoms with Crippen LogP contribution in [0.25, 0.3) is 0 Å². The minimum absolute atomic E-state index is 0.373. The third kappa shape index (κ3) is 4.92. The van der Waals surface area contributed by atoms with Crippen molar-refractivity contribution in [3.05, 3.63) is 108 Å². The first-order chi connectivity index (χ1) is 14.9. The maximum atomic E-state index is 13.4. The number of carbonyl (C=O) groups excluding carboxylic acids is 4. The predicted octanol–water partition coefficient (Wildman–Crippen LogP) is 4.95. The van der Waals surface area contributed by atoms with E-state index in [1.54, 1.807) is 84.9 Å². The molecule has 0 saturated carbocycles. The second-order valence-electron chi connectivity index (χ2n) is 7.57. The van der Waals surface area contributed by atoms with Crippen molar-refractivity contribution in [2.75, 3.05) is 0 Å². The largest absolute Gasteiger partial charge is 0.299 e. The van der Waals surface area contributed by atoms with Gasteiger partial charge < -0.3 is 0 Å². The third-order valence-corrected chi connectivity index (χ3v) is 5.46. The van der Waals surface area contributed by atoms with E-state index in [9.17, 15) is 19.2 Å². The van der Waals surface area contributed by atoms with Crippen LogP contribution in [0.15, 0.2) is 91.0 Å². The Hall–Kier alpha value is -3.66. The average molecular weight is 412 g/mol. The van der Waals surface area contributed by atoms with E-state index in [-0.39, 0.29) is 11.6 Å². The van der Waals surface area contributed by atoms with E-state index in [0.717, 1.165) is 0 Å². The van der Waals surface area contributed by atoms with Gasteiger partial charge in [0.05, 0.1) is 11.8 Å². The Morgan fingerprint density at radius 3 is 1.16 bits per heavy atom. The second-order valence-corrected chi connectivity index (χ2v) is 7.57. The minimum Gasteiger partial charge on any atom is -0.299 e. The summed E-state index contributed by atoms with van der Waals surface area (Å²) in [6.07, 6.45) is 0. The van der Waals surface area contributed by atoms with Crippen molar-refractivity contribution >= 4 is 23.1 Å². The van der Waals surface area contributed by atoms with Crippen LogP contribution in [0.5, 0.6) is 0 Å². The van der Waals surface area contributed by atoms with Gasteiger partial charge in [0.25, 0.3) is 0 Å². The highest BCUT2D eigenvalue weighted by atomic mass is 16.2. The molecule has 0 fully saturated rings. The number of benzene rings is 3. The SMILES string of the molecule is CC(=O)C(C(=O)c1ccccc1)C(c1ccccc1)C(C(C)=O)C(=O)c1ccccc1. The molecule has 0 bridgehead atoms. The molecule has 0 N–H and O–H groups in total. The van der Waals surface area contributed by atoms with E-state index in [0.29, 0.717) is 16.7 Å². The number of carbonyl (C=O) groups is 4. The molecule has 0 aliphatic heterocycles. The lowest BCUT2D eigenvalue weighted by molar-refractivity contribution is -0.122. The van der Waals surface area contributed by atoms with Gasteiger partial charge in [-0.2, -0.15) is 0 Å². The summed E-state index contributed by atoms with van der Waals surface area (Å²) in [6.45, 7) is 2.68. The Morgan fingerprint density at radius 2 is 0.839 bits per heavy atom. The van der Waals surface area contributed by atoms with Crippen molar-refractivity contribution in [1.29, 1.82) is 0 Å². The first-order valence-electron chi connectivity index (χ1n) is 10.2. The van der Waals surface area contributed by atoms with Crippen molar-refractivity contribution in [2.24, 2.45) is 11.8 Å². The Kier molecular flexibility index (Phi) is 7.03. The van der Waals surface area contributed by atoms with E-state index < -0.39 is 29.3 Å². The quantitative estimate of drug-likeness (QED) is 0.368. The summed E-state index contributed by atoms with van der Waals surface area (Å²) in [5.41, 5.74) is 1.35. The van der Waals surface area contributed by atoms with Crippen LogP contribution in [0.3, 0.4) is 0 Å². The van der Waals surface area contributed by atoms with Crippen LogP contribution >= 0.6 is 0 Å². The Bertz CT molecular complexity index is 1000. The van der Waals surface area contributed by atoms with Gasteiger partial charge >= 0.3 is 0 Å². The molecule has 0 aliphatic rings. The number of ketones is 4. The molecule has 0 radical (unpaired) electrons. The highest BCUT2D eigenvalue weighted by molar-refractivity contribution is 6.15. The molecule has 0 aromatic heterocycles. The molecule has 4 nitrogen and oxygen atoms in total. The van der Waals surface area contributed by atoms with E-state index in [4.69, 9.17) is 0 Å². The van der Waals surface area contributed by atoms with Gasteiger partial charge in [0.1, 0.15) is 11.6 Å². The zero-order chi connectivity index (χ0) is 22.4. The summed E-state index contributed by atoms with van der Waals surface area (Å²) in [5.74, 6) is -4.78. The molecule has 3 aromatic rings. The van der Waals surface area contributed by atoms with Gasteiger partial charge in [0.15, 0.2) is 11.6 Å². The smallest absolute Gasteiger partial charge is 0.173 e. The fraction of sp³-hybridized carbons (Fsp3) is 0.185. The molecule has 0 saturated heterocycles. The molecule has 4 heteroatoms. The zero-order valence-corrected chi connectivity index (χ0v) is 17.5. The summed E-state index contributed by atoms with van der Waals surface area (Å²) in [4.78, 5) is 52.5. The third-order valence-electron chi connectivity index (χ3n) is 5.46. The van der Waals surface area contributed by atoms with Crippen LogP contribution in [0.4, 0.5) is 0 Å². The van der Waals surface area contributed by atoms with Crippen LogP contribution in [0.2, 0.25) is 0 Å². The van der Waals surface area contributed by atoms with Crippen molar-refractivity contribution in [3.63, 3.8) is 0 Å². The number of hydrogen-bond donors (Lipinski definition) is 0. The van der Waals surface area contributed by atoms with Crippen LogP contribution in [0.1, 0.15) is 46.0 Å². The Labute approximate surface area is 181 Å². The Morgan fingerprint density at radius 1 is 0.516 bits per heavy atom. The maximum absolute atomic E-state index is 13.4. The van der Waals surface area contributed by atoms with Crippen molar-refractivity contribution in [3.8, 4) is 0 Å². The van der Waals surface area contributed by atoms with E-state index >= 15 is 0 Å². The standard InChI is InChI=1S/C27H24O4/c1-18(28)23(26(30)21-14-8-4-9-15-21)25(20-12-6-3-7-13-20)24(19(2)29)27(31)22-16-10-5-11-17-22/h3-17,23-25H,1-2H3. The normalized spacial score (nSPS) is 13.6. The van der Waals surface area contributed by atoms with Gasteiger partial charge in [0.2, 0.25) is 0 Å². The highest BCUT2D eigenvalue weighted by Crippen LogP contribution is 2.37. The number of rotatable bonds is 9. The van der Waals surface area contributed by atoms with Gasteiger partial charge in [0, 0.05) is 17.0 Å². The predicted molar refractivity (Wildman–Crippen MR) is 119 cm³/mol. The monoisotopic (exact) mass is 412 g/mol. The minimum atomic E-state index is -1.16. The summed E-state index contributed by atoms with van der Waals surface area (Å²) in [6, 6.07) is 25.9. The topological polar surface area (TPSA) is 68.3 Å². The first kappa shape index (κ1) is 22.0. The van der Waals surface area contributed by atoms with Crippen LogP contribution in [-0.4, -0.2) is 23.1 Å². The van der Waals surface area contributed by atoms with Gasteiger partial charge in [-0.1, -0.05) is 91.0 Å². The second kappa shape index (κ2) is 9.90. The van der Waals surface area contributed by atoms with Crippen LogP contribution in [0, 0.1) is 11.8 Å². The molecular formula is C27H24O4. The fourth-order valence-corrected chi connectivity index (χ4v) is 4.02. The molecule has 156 valence electrons. The lowest BCUT2D eigenvalue weighted by atomic mass is 9.69. The summed E-state index contributed by atoms with van der Waals surface area (Å²) in [5, 5.41) is 0. The molecule has 0 heterocycles. The number of Topliss-reactive ketones (excluding diaryl/α,β-unsaturated/α-hetero) is 4. The van der Waals surface area contributed by atoms with Crippen molar-refractivity contribution < 1.29 is 19.2 Å². The molecule has 2 unspecified atom stereocenters. The van der Waals surface area contributed by atoms with Crippen molar-refractivity contribution in [2.45, 2.75) is 19.8 Å². The fourth-order valence-electron chi connectivity index (χ4n) is 4.02. The van der Waals surface area contributed by atoms with Gasteiger partial charge in [-0.3, -0.25) is 19.2 Å². The van der Waals surface area contributed by atoms with Crippen LogP contribution < -0.4 is 0 Å². The summed E-state index contributed by atoms with van der Waals surface area (Å²) < 4.78 is 0. The molecule has 0 spiro atoms. The van der Waals surface area contributed by atoms with Crippen molar-refractivity contribution in [1.82, 2.24) is 0 Å². The lowest BCUT2D eigenvalue weighted by Gasteiger charge is -2.30. The molecule has 2 atom stereocenters. The highest BCUT2D eigenvalue weighted by Gasteiger charge is 2.44. The average Bonchev–Trinajstić information content (AvgIpc) is 2.79. The van der Waals surface area contributed by atoms with E-state index in [1.165, 1.54) is 13.8 Å². The van der Waals surface area contributed by atoms with Gasteiger partial charge in [-0.05, 0) is 19.4 Å². The first-order valence-corrected chi connectivity index (χ1v) is 10.2. The molecule has 3 rings (SSSR count). The molecule has 31 heavy (non-hydrogen) atoms. The molecular weight excluding hydrogens is 388 g/mol. The van der Waals surface area contributed by atoms with E-state index in [2.05, 4.69) is 0 Å². The van der Waals surface area contributed by atoms with Gasteiger partial charge in [-0.15, -0.1) is 0 Å². The lowest BCUT2D eigenvalue weighted by Crippen LogP contribution is -2.39. The molecule has 3 aromatic carbocycles. The zero-order valence-electron chi connectivity index (χ0n) is 17.5. The van der Waals surface area contributed by atoms with E-state index in [1.807, 2.05) is 6.07 Å². The summed E-state index contributed by atoms with van der Waals surface area (Å²) >= 11 is 0. The Balaban J connectivity index is 2.18.